The predicted molar refractivity (Wildman–Crippen MR) is 86.8 cm³/mol. The maximum Gasteiger partial charge on any atom is 0.264 e. The molecule has 0 aromatic carbocycles. The van der Waals surface area contributed by atoms with Gasteiger partial charge in [0, 0.05) is 12.8 Å². The van der Waals surface area contributed by atoms with Gasteiger partial charge in [-0.15, -0.1) is 0 Å². The summed E-state index contributed by atoms with van der Waals surface area (Å²) in [6, 6.07) is 0.214. The van der Waals surface area contributed by atoms with Crippen LogP contribution >= 0.6 is 12.2 Å². The second-order valence-electron chi connectivity index (χ2n) is 5.85. The Labute approximate surface area is 129 Å². The zero-order valence-electron chi connectivity index (χ0n) is 12.8. The number of aromatic hydroxyl groups is 1. The Kier molecular flexibility index (Phi) is 4.98. The molecule has 0 saturated heterocycles. The summed E-state index contributed by atoms with van der Waals surface area (Å²) in [6.07, 6.45) is 4.94. The van der Waals surface area contributed by atoms with Crippen LogP contribution in [0.5, 0.6) is 5.88 Å². The van der Waals surface area contributed by atoms with Crippen molar-refractivity contribution >= 4 is 18.4 Å². The van der Waals surface area contributed by atoms with Crippen LogP contribution in [0.4, 0.5) is 0 Å². The van der Waals surface area contributed by atoms with Gasteiger partial charge in [-0.05, 0) is 37.4 Å². The summed E-state index contributed by atoms with van der Waals surface area (Å²) < 4.78 is 1.72. The Hall–Kier alpha value is -1.43. The molecule has 1 fully saturated rings. The fourth-order valence-electron chi connectivity index (χ4n) is 2.92. The van der Waals surface area contributed by atoms with Crippen LogP contribution in [-0.4, -0.2) is 26.9 Å². The number of aromatic nitrogens is 2. The maximum absolute atomic E-state index is 12.0. The Morgan fingerprint density at radius 3 is 2.86 bits per heavy atom. The van der Waals surface area contributed by atoms with Gasteiger partial charge >= 0.3 is 0 Å². The summed E-state index contributed by atoms with van der Waals surface area (Å²) in [4.78, 5) is 19.1. The number of rotatable bonds is 3. The van der Waals surface area contributed by atoms with Crippen LogP contribution in [0.3, 0.4) is 0 Å². The molecule has 1 aliphatic carbocycles. The van der Waals surface area contributed by atoms with Gasteiger partial charge in [0.25, 0.3) is 5.56 Å². The van der Waals surface area contributed by atoms with Crippen molar-refractivity contribution in [3.8, 4) is 5.88 Å². The second-order valence-corrected chi connectivity index (χ2v) is 6.24. The molecule has 2 rings (SSSR count). The zero-order valence-corrected chi connectivity index (χ0v) is 13.6. The van der Waals surface area contributed by atoms with E-state index in [1.807, 2.05) is 6.92 Å². The molecule has 0 spiro atoms. The van der Waals surface area contributed by atoms with Crippen molar-refractivity contribution in [2.75, 3.05) is 0 Å². The minimum absolute atomic E-state index is 0.105. The lowest BCUT2D eigenvalue weighted by molar-refractivity contribution is 0.242. The van der Waals surface area contributed by atoms with Gasteiger partial charge in [-0.1, -0.05) is 26.7 Å². The Bertz CT molecular complexity index is 647. The van der Waals surface area contributed by atoms with Gasteiger partial charge in [-0.2, -0.15) is 0 Å². The smallest absolute Gasteiger partial charge is 0.264 e. The summed E-state index contributed by atoms with van der Waals surface area (Å²) in [5.41, 5.74) is -0.196. The largest absolute Gasteiger partial charge is 0.494 e. The standard InChI is InChI=1S/C15H23N3O2S/c1-4-18-14(20)11(13(19)17-15(18)21)8-16-12-7-5-6-9(2)10(12)3/h8-10,12,20H,4-7H2,1-3H3,(H,17,19,21)/t9-,10+,12-/m1/s1. The highest BCUT2D eigenvalue weighted by Gasteiger charge is 2.26. The summed E-state index contributed by atoms with van der Waals surface area (Å²) in [7, 11) is 0. The first-order valence-corrected chi connectivity index (χ1v) is 7.95. The summed E-state index contributed by atoms with van der Waals surface area (Å²) in [5.74, 6) is 1.03. The molecule has 2 N–H and O–H groups in total. The van der Waals surface area contributed by atoms with E-state index in [1.54, 1.807) is 0 Å². The van der Waals surface area contributed by atoms with Crippen LogP contribution in [0.2, 0.25) is 0 Å². The highest BCUT2D eigenvalue weighted by molar-refractivity contribution is 7.71. The quantitative estimate of drug-likeness (QED) is 0.666. The van der Waals surface area contributed by atoms with Gasteiger partial charge in [-0.3, -0.25) is 19.3 Å². The number of aliphatic imine (C=N–C) groups is 1. The molecule has 1 aromatic heterocycles. The first-order valence-electron chi connectivity index (χ1n) is 7.55. The molecule has 5 nitrogen and oxygen atoms in total. The topological polar surface area (TPSA) is 70.4 Å². The minimum Gasteiger partial charge on any atom is -0.494 e. The molecule has 1 heterocycles. The third-order valence-electron chi connectivity index (χ3n) is 4.58. The molecule has 6 heteroatoms. The van der Waals surface area contributed by atoms with Crippen LogP contribution in [0.15, 0.2) is 9.79 Å². The molecule has 1 aliphatic rings. The second kappa shape index (κ2) is 6.56. The van der Waals surface area contributed by atoms with Gasteiger partial charge in [0.15, 0.2) is 4.77 Å². The lowest BCUT2D eigenvalue weighted by Crippen LogP contribution is -2.28. The zero-order chi connectivity index (χ0) is 15.6. The number of nitrogens with one attached hydrogen (secondary N) is 1. The van der Waals surface area contributed by atoms with Crippen molar-refractivity contribution in [2.45, 2.75) is 52.6 Å². The van der Waals surface area contributed by atoms with Crippen molar-refractivity contribution < 1.29 is 5.11 Å². The molecule has 0 radical (unpaired) electrons. The van der Waals surface area contributed by atoms with Gasteiger partial charge in [0.1, 0.15) is 5.56 Å². The maximum atomic E-state index is 12.0. The summed E-state index contributed by atoms with van der Waals surface area (Å²) in [6.45, 7) is 6.81. The van der Waals surface area contributed by atoms with Crippen LogP contribution in [0.25, 0.3) is 0 Å². The summed E-state index contributed by atoms with van der Waals surface area (Å²) >= 11 is 5.03. The fourth-order valence-corrected chi connectivity index (χ4v) is 3.23. The van der Waals surface area contributed by atoms with Gasteiger partial charge in [0.2, 0.25) is 5.88 Å². The molecule has 0 aliphatic heterocycles. The summed E-state index contributed by atoms with van der Waals surface area (Å²) in [5, 5.41) is 10.2. The number of nitrogens with zero attached hydrogens (tertiary/aromatic N) is 2. The van der Waals surface area contributed by atoms with E-state index in [2.05, 4.69) is 23.8 Å². The molecule has 0 amide bonds. The van der Waals surface area contributed by atoms with E-state index in [4.69, 9.17) is 12.2 Å². The third kappa shape index (κ3) is 3.26. The van der Waals surface area contributed by atoms with Crippen LogP contribution in [0, 0.1) is 16.6 Å². The molecule has 1 aromatic rings. The molecule has 3 atom stereocenters. The van der Waals surface area contributed by atoms with Crippen LogP contribution in [0.1, 0.15) is 45.6 Å². The van der Waals surface area contributed by atoms with E-state index in [1.165, 1.54) is 17.2 Å². The molecule has 0 unspecified atom stereocenters. The molecule has 0 bridgehead atoms. The normalized spacial score (nSPS) is 26.3. The molecular formula is C15H23N3O2S. The van der Waals surface area contributed by atoms with Gasteiger partial charge < -0.3 is 5.11 Å². The molecule has 1 saturated carbocycles. The van der Waals surface area contributed by atoms with Gasteiger partial charge in [0.05, 0.1) is 6.04 Å². The SMILES string of the molecule is CCn1c(O)c(C=N[C@@H]2CCC[C@@H](C)[C@@H]2C)c(=O)[nH]c1=S. The van der Waals surface area contributed by atoms with E-state index in [9.17, 15) is 9.90 Å². The first kappa shape index (κ1) is 15.9. The van der Waals surface area contributed by atoms with Crippen molar-refractivity contribution in [1.82, 2.24) is 9.55 Å². The number of aromatic amines is 1. The van der Waals surface area contributed by atoms with E-state index >= 15 is 0 Å². The lowest BCUT2D eigenvalue weighted by atomic mass is 9.78. The van der Waals surface area contributed by atoms with Crippen molar-refractivity contribution in [3.63, 3.8) is 0 Å². The number of hydrogen-bond acceptors (Lipinski definition) is 4. The van der Waals surface area contributed by atoms with E-state index < -0.39 is 0 Å². The van der Waals surface area contributed by atoms with E-state index in [0.29, 0.717) is 18.4 Å². The monoisotopic (exact) mass is 309 g/mol. The molecule has 21 heavy (non-hydrogen) atoms. The Morgan fingerprint density at radius 1 is 1.48 bits per heavy atom. The predicted octanol–water partition coefficient (Wildman–Crippen LogP) is 2.87. The van der Waals surface area contributed by atoms with Crippen LogP contribution in [-0.2, 0) is 6.54 Å². The number of hydrogen-bond donors (Lipinski definition) is 2. The molecular weight excluding hydrogens is 286 g/mol. The lowest BCUT2D eigenvalue weighted by Gasteiger charge is -2.31. The van der Waals surface area contributed by atoms with Crippen molar-refractivity contribution in [2.24, 2.45) is 16.8 Å². The van der Waals surface area contributed by atoms with E-state index in [-0.39, 0.29) is 27.8 Å². The average molecular weight is 309 g/mol. The average Bonchev–Trinajstić information content (AvgIpc) is 2.43. The highest BCUT2D eigenvalue weighted by atomic mass is 32.1. The Morgan fingerprint density at radius 2 is 2.19 bits per heavy atom. The minimum atomic E-state index is -0.387. The highest BCUT2D eigenvalue weighted by Crippen LogP contribution is 2.31. The van der Waals surface area contributed by atoms with E-state index in [0.717, 1.165) is 12.8 Å². The Balaban J connectivity index is 2.33. The number of H-pyrrole nitrogens is 1. The molecule has 116 valence electrons. The van der Waals surface area contributed by atoms with Crippen molar-refractivity contribution in [1.29, 1.82) is 0 Å². The van der Waals surface area contributed by atoms with Gasteiger partial charge in [-0.25, -0.2) is 0 Å². The fraction of sp³-hybridized carbons (Fsp3) is 0.667. The van der Waals surface area contributed by atoms with Crippen molar-refractivity contribution in [3.05, 3.63) is 20.7 Å². The third-order valence-corrected chi connectivity index (χ3v) is 4.90. The van der Waals surface area contributed by atoms with Crippen LogP contribution < -0.4 is 5.56 Å². The first-order chi connectivity index (χ1) is 9.95.